The standard InChI is InChI=1S/C18H28N2O2/c1-4-6-10-13-19-18(22)16(14(3)5-2)20-17(21)15-11-8-7-9-12-15/h7-9,11-12,14,16H,4-6,10,13H2,1-3H3,(H,19,22)(H,20,21). The number of hydrogen-bond acceptors (Lipinski definition) is 2. The number of benzene rings is 1. The molecule has 2 atom stereocenters. The quantitative estimate of drug-likeness (QED) is 0.689. The van der Waals surface area contributed by atoms with Crippen LogP contribution in [0.15, 0.2) is 30.3 Å². The second kappa shape index (κ2) is 9.98. The minimum absolute atomic E-state index is 0.0882. The van der Waals surface area contributed by atoms with Gasteiger partial charge in [0.25, 0.3) is 5.91 Å². The van der Waals surface area contributed by atoms with Crippen molar-refractivity contribution < 1.29 is 9.59 Å². The monoisotopic (exact) mass is 304 g/mol. The van der Waals surface area contributed by atoms with Crippen LogP contribution in [0, 0.1) is 5.92 Å². The molecule has 0 aliphatic heterocycles. The number of hydrogen-bond donors (Lipinski definition) is 2. The average molecular weight is 304 g/mol. The van der Waals surface area contributed by atoms with E-state index in [4.69, 9.17) is 0 Å². The molecule has 1 aromatic carbocycles. The molecule has 0 fully saturated rings. The first-order chi connectivity index (χ1) is 10.6. The van der Waals surface area contributed by atoms with Crippen LogP contribution in [-0.4, -0.2) is 24.4 Å². The minimum Gasteiger partial charge on any atom is -0.354 e. The number of rotatable bonds is 9. The molecule has 0 saturated carbocycles. The molecule has 1 rings (SSSR count). The van der Waals surface area contributed by atoms with E-state index in [-0.39, 0.29) is 17.7 Å². The molecule has 0 saturated heterocycles. The first-order valence-electron chi connectivity index (χ1n) is 8.23. The van der Waals surface area contributed by atoms with Gasteiger partial charge in [-0.15, -0.1) is 0 Å². The molecular weight excluding hydrogens is 276 g/mol. The smallest absolute Gasteiger partial charge is 0.251 e. The Morgan fingerprint density at radius 3 is 2.36 bits per heavy atom. The first-order valence-corrected chi connectivity index (χ1v) is 8.23. The lowest BCUT2D eigenvalue weighted by Crippen LogP contribution is -2.50. The van der Waals surface area contributed by atoms with Gasteiger partial charge in [0.2, 0.25) is 5.91 Å². The van der Waals surface area contributed by atoms with E-state index in [0.717, 1.165) is 25.7 Å². The van der Waals surface area contributed by atoms with Gasteiger partial charge in [-0.2, -0.15) is 0 Å². The summed E-state index contributed by atoms with van der Waals surface area (Å²) in [6, 6.07) is 8.52. The van der Waals surface area contributed by atoms with Crippen molar-refractivity contribution in [3.05, 3.63) is 35.9 Å². The topological polar surface area (TPSA) is 58.2 Å². The van der Waals surface area contributed by atoms with Crippen LogP contribution in [0.25, 0.3) is 0 Å². The highest BCUT2D eigenvalue weighted by Gasteiger charge is 2.25. The van der Waals surface area contributed by atoms with E-state index < -0.39 is 6.04 Å². The van der Waals surface area contributed by atoms with Crippen LogP contribution in [0.3, 0.4) is 0 Å². The number of carbonyl (C=O) groups is 2. The van der Waals surface area contributed by atoms with Crippen molar-refractivity contribution in [3.63, 3.8) is 0 Å². The van der Waals surface area contributed by atoms with E-state index in [1.54, 1.807) is 12.1 Å². The second-order valence-corrected chi connectivity index (χ2v) is 5.70. The van der Waals surface area contributed by atoms with Crippen LogP contribution in [0.2, 0.25) is 0 Å². The molecule has 4 nitrogen and oxygen atoms in total. The third-order valence-corrected chi connectivity index (χ3v) is 3.90. The van der Waals surface area contributed by atoms with Gasteiger partial charge in [0, 0.05) is 12.1 Å². The summed E-state index contributed by atoms with van der Waals surface area (Å²) in [5, 5.41) is 5.81. The van der Waals surface area contributed by atoms with Gasteiger partial charge in [-0.05, 0) is 24.5 Å². The maximum atomic E-state index is 12.3. The zero-order valence-corrected chi connectivity index (χ0v) is 13.9. The Morgan fingerprint density at radius 1 is 1.09 bits per heavy atom. The van der Waals surface area contributed by atoms with Crippen molar-refractivity contribution in [1.82, 2.24) is 10.6 Å². The lowest BCUT2D eigenvalue weighted by Gasteiger charge is -2.23. The first kappa shape index (κ1) is 18.2. The highest BCUT2D eigenvalue weighted by atomic mass is 16.2. The van der Waals surface area contributed by atoms with Crippen molar-refractivity contribution in [3.8, 4) is 0 Å². The summed E-state index contributed by atoms with van der Waals surface area (Å²) in [6.45, 7) is 6.81. The molecule has 4 heteroatoms. The Hall–Kier alpha value is -1.84. The van der Waals surface area contributed by atoms with Crippen LogP contribution in [-0.2, 0) is 4.79 Å². The van der Waals surface area contributed by atoms with E-state index in [0.29, 0.717) is 12.1 Å². The predicted molar refractivity (Wildman–Crippen MR) is 89.7 cm³/mol. The van der Waals surface area contributed by atoms with E-state index >= 15 is 0 Å². The fourth-order valence-electron chi connectivity index (χ4n) is 2.21. The molecule has 2 unspecified atom stereocenters. The summed E-state index contributed by atoms with van der Waals surface area (Å²) in [4.78, 5) is 24.6. The van der Waals surface area contributed by atoms with Gasteiger partial charge in [-0.1, -0.05) is 58.2 Å². The Balaban J connectivity index is 2.64. The highest BCUT2D eigenvalue weighted by Crippen LogP contribution is 2.10. The van der Waals surface area contributed by atoms with Gasteiger partial charge in [0.05, 0.1) is 0 Å². The van der Waals surface area contributed by atoms with E-state index in [1.165, 1.54) is 0 Å². The van der Waals surface area contributed by atoms with Gasteiger partial charge in [0.15, 0.2) is 0 Å². The van der Waals surface area contributed by atoms with Crippen LogP contribution < -0.4 is 10.6 Å². The Kier molecular flexibility index (Phi) is 8.26. The molecule has 0 heterocycles. The fourth-order valence-corrected chi connectivity index (χ4v) is 2.21. The maximum absolute atomic E-state index is 12.3. The molecule has 2 N–H and O–H groups in total. The largest absolute Gasteiger partial charge is 0.354 e. The molecule has 2 amide bonds. The zero-order valence-electron chi connectivity index (χ0n) is 13.9. The number of unbranched alkanes of at least 4 members (excludes halogenated alkanes) is 2. The third-order valence-electron chi connectivity index (χ3n) is 3.90. The lowest BCUT2D eigenvalue weighted by atomic mass is 9.97. The molecule has 0 aliphatic rings. The molecule has 0 aromatic heterocycles. The van der Waals surface area contributed by atoms with E-state index in [2.05, 4.69) is 17.6 Å². The van der Waals surface area contributed by atoms with Crippen molar-refractivity contribution >= 4 is 11.8 Å². The lowest BCUT2D eigenvalue weighted by molar-refractivity contribution is -0.124. The minimum atomic E-state index is -0.487. The van der Waals surface area contributed by atoms with Crippen molar-refractivity contribution in [2.24, 2.45) is 5.92 Å². The molecule has 0 aliphatic carbocycles. The number of nitrogens with one attached hydrogen (secondary N) is 2. The molecule has 0 radical (unpaired) electrons. The van der Waals surface area contributed by atoms with Gasteiger partial charge in [0.1, 0.15) is 6.04 Å². The fraction of sp³-hybridized carbons (Fsp3) is 0.556. The summed E-state index contributed by atoms with van der Waals surface area (Å²) in [5.41, 5.74) is 0.578. The second-order valence-electron chi connectivity index (χ2n) is 5.70. The van der Waals surface area contributed by atoms with Gasteiger partial charge < -0.3 is 10.6 Å². The molecule has 1 aromatic rings. The summed E-state index contributed by atoms with van der Waals surface area (Å²) < 4.78 is 0. The van der Waals surface area contributed by atoms with Gasteiger partial charge in [-0.25, -0.2) is 0 Å². The molecule has 22 heavy (non-hydrogen) atoms. The number of amides is 2. The molecule has 0 bridgehead atoms. The summed E-state index contributed by atoms with van der Waals surface area (Å²) in [5.74, 6) is -0.192. The Morgan fingerprint density at radius 2 is 1.77 bits per heavy atom. The predicted octanol–water partition coefficient (Wildman–Crippen LogP) is 3.14. The highest BCUT2D eigenvalue weighted by molar-refractivity contribution is 5.97. The third kappa shape index (κ3) is 5.88. The Labute approximate surface area is 133 Å². The van der Waals surface area contributed by atoms with Crippen LogP contribution >= 0.6 is 0 Å². The van der Waals surface area contributed by atoms with E-state index in [9.17, 15) is 9.59 Å². The SMILES string of the molecule is CCCCCNC(=O)C(NC(=O)c1ccccc1)C(C)CC. The van der Waals surface area contributed by atoms with E-state index in [1.807, 2.05) is 32.0 Å². The van der Waals surface area contributed by atoms with Crippen molar-refractivity contribution in [2.45, 2.75) is 52.5 Å². The summed E-state index contributed by atoms with van der Waals surface area (Å²) in [6.07, 6.45) is 4.03. The summed E-state index contributed by atoms with van der Waals surface area (Å²) in [7, 11) is 0. The van der Waals surface area contributed by atoms with Crippen LogP contribution in [0.4, 0.5) is 0 Å². The number of carbonyl (C=O) groups excluding carboxylic acids is 2. The normalized spacial score (nSPS) is 13.2. The van der Waals surface area contributed by atoms with Gasteiger partial charge in [-0.3, -0.25) is 9.59 Å². The van der Waals surface area contributed by atoms with Gasteiger partial charge >= 0.3 is 0 Å². The molecule has 122 valence electrons. The van der Waals surface area contributed by atoms with Crippen LogP contribution in [0.5, 0.6) is 0 Å². The molecule has 0 spiro atoms. The molecular formula is C18H28N2O2. The summed E-state index contributed by atoms with van der Waals surface area (Å²) >= 11 is 0. The zero-order chi connectivity index (χ0) is 16.4. The maximum Gasteiger partial charge on any atom is 0.251 e. The van der Waals surface area contributed by atoms with Crippen molar-refractivity contribution in [1.29, 1.82) is 0 Å². The Bertz CT molecular complexity index is 459. The van der Waals surface area contributed by atoms with Crippen LogP contribution in [0.1, 0.15) is 56.8 Å². The average Bonchev–Trinajstić information content (AvgIpc) is 2.56. The van der Waals surface area contributed by atoms with Crippen molar-refractivity contribution in [2.75, 3.05) is 6.54 Å².